The highest BCUT2D eigenvalue weighted by Gasteiger charge is 2.14. The first-order chi connectivity index (χ1) is 7.13. The summed E-state index contributed by atoms with van der Waals surface area (Å²) in [7, 11) is 0. The lowest BCUT2D eigenvalue weighted by Gasteiger charge is -2.17. The Kier molecular flexibility index (Phi) is 2.42. The average molecular weight is 208 g/mol. The Bertz CT molecular complexity index is 488. The van der Waals surface area contributed by atoms with Crippen LogP contribution in [0.25, 0.3) is 6.08 Å². The SMILES string of the molecule is CC1=Cc2nc(CF)c(C)c(=O)n2CC1. The Labute approximate surface area is 87.3 Å². The molecule has 4 heteroatoms. The lowest BCUT2D eigenvalue weighted by molar-refractivity contribution is 0.468. The summed E-state index contributed by atoms with van der Waals surface area (Å²) in [6, 6.07) is 0. The monoisotopic (exact) mass is 208 g/mol. The highest BCUT2D eigenvalue weighted by atomic mass is 19.1. The van der Waals surface area contributed by atoms with Gasteiger partial charge in [0.2, 0.25) is 0 Å². The van der Waals surface area contributed by atoms with Gasteiger partial charge in [-0.25, -0.2) is 9.37 Å². The van der Waals surface area contributed by atoms with Crippen molar-refractivity contribution in [2.75, 3.05) is 0 Å². The predicted octanol–water partition coefficient (Wildman–Crippen LogP) is 1.83. The van der Waals surface area contributed by atoms with Crippen molar-refractivity contribution in [3.05, 3.63) is 33.0 Å². The second-order valence-electron chi connectivity index (χ2n) is 3.87. The van der Waals surface area contributed by atoms with Gasteiger partial charge in [-0.2, -0.15) is 0 Å². The highest BCUT2D eigenvalue weighted by Crippen LogP contribution is 2.15. The number of hydrogen-bond donors (Lipinski definition) is 0. The molecule has 80 valence electrons. The van der Waals surface area contributed by atoms with E-state index in [1.165, 1.54) is 5.57 Å². The van der Waals surface area contributed by atoms with Crippen molar-refractivity contribution in [1.29, 1.82) is 0 Å². The molecular formula is C11H13FN2O. The summed E-state index contributed by atoms with van der Waals surface area (Å²) in [5.74, 6) is 0.585. The summed E-state index contributed by atoms with van der Waals surface area (Å²) in [5.41, 5.74) is 1.75. The number of alkyl halides is 1. The van der Waals surface area contributed by atoms with Crippen LogP contribution in [-0.2, 0) is 13.2 Å². The topological polar surface area (TPSA) is 34.9 Å². The van der Waals surface area contributed by atoms with Crippen molar-refractivity contribution >= 4 is 6.08 Å². The minimum atomic E-state index is -0.679. The van der Waals surface area contributed by atoms with Crippen molar-refractivity contribution in [3.8, 4) is 0 Å². The maximum atomic E-state index is 12.6. The van der Waals surface area contributed by atoms with Crippen molar-refractivity contribution in [1.82, 2.24) is 9.55 Å². The zero-order chi connectivity index (χ0) is 11.0. The number of rotatable bonds is 1. The van der Waals surface area contributed by atoms with E-state index in [0.29, 0.717) is 17.9 Å². The normalized spacial score (nSPS) is 14.7. The third kappa shape index (κ3) is 1.60. The second kappa shape index (κ2) is 3.61. The van der Waals surface area contributed by atoms with Gasteiger partial charge in [0.05, 0.1) is 5.69 Å². The molecule has 0 fully saturated rings. The van der Waals surface area contributed by atoms with Crippen LogP contribution in [0, 0.1) is 6.92 Å². The van der Waals surface area contributed by atoms with Crippen LogP contribution in [0.15, 0.2) is 10.4 Å². The maximum Gasteiger partial charge on any atom is 0.257 e. The fraction of sp³-hybridized carbons (Fsp3) is 0.455. The Morgan fingerprint density at radius 1 is 1.53 bits per heavy atom. The van der Waals surface area contributed by atoms with Crippen LogP contribution < -0.4 is 5.56 Å². The van der Waals surface area contributed by atoms with Crippen LogP contribution in [0.3, 0.4) is 0 Å². The van der Waals surface area contributed by atoms with Gasteiger partial charge in [0.25, 0.3) is 5.56 Å². The zero-order valence-corrected chi connectivity index (χ0v) is 8.88. The third-order valence-corrected chi connectivity index (χ3v) is 2.76. The van der Waals surface area contributed by atoms with E-state index >= 15 is 0 Å². The second-order valence-corrected chi connectivity index (χ2v) is 3.87. The smallest absolute Gasteiger partial charge is 0.257 e. The largest absolute Gasteiger partial charge is 0.293 e. The summed E-state index contributed by atoms with van der Waals surface area (Å²) >= 11 is 0. The van der Waals surface area contributed by atoms with E-state index in [9.17, 15) is 9.18 Å². The van der Waals surface area contributed by atoms with Crippen molar-refractivity contribution in [3.63, 3.8) is 0 Å². The van der Waals surface area contributed by atoms with Gasteiger partial charge in [0.1, 0.15) is 12.5 Å². The molecular weight excluding hydrogens is 195 g/mol. The van der Waals surface area contributed by atoms with Gasteiger partial charge in [-0.3, -0.25) is 9.36 Å². The summed E-state index contributed by atoms with van der Waals surface area (Å²) in [6.07, 6.45) is 2.71. The number of fused-ring (bicyclic) bond motifs is 1. The molecule has 0 radical (unpaired) electrons. The van der Waals surface area contributed by atoms with E-state index in [0.717, 1.165) is 6.42 Å². The molecule has 0 bridgehead atoms. The van der Waals surface area contributed by atoms with Crippen molar-refractivity contribution in [2.24, 2.45) is 0 Å². The molecule has 0 unspecified atom stereocenters. The Morgan fingerprint density at radius 3 is 2.93 bits per heavy atom. The molecule has 0 saturated carbocycles. The number of hydrogen-bond acceptors (Lipinski definition) is 2. The van der Waals surface area contributed by atoms with E-state index in [1.807, 2.05) is 13.0 Å². The lowest BCUT2D eigenvalue weighted by Crippen LogP contribution is -2.29. The average Bonchev–Trinajstić information content (AvgIpc) is 2.23. The quantitative estimate of drug-likeness (QED) is 0.705. The molecule has 1 aliphatic heterocycles. The van der Waals surface area contributed by atoms with Gasteiger partial charge in [-0.15, -0.1) is 0 Å². The van der Waals surface area contributed by atoms with Crippen LogP contribution in [0.5, 0.6) is 0 Å². The van der Waals surface area contributed by atoms with Crippen molar-refractivity contribution in [2.45, 2.75) is 33.5 Å². The van der Waals surface area contributed by atoms with Gasteiger partial charge in [0.15, 0.2) is 0 Å². The van der Waals surface area contributed by atoms with Crippen LogP contribution in [0.2, 0.25) is 0 Å². The van der Waals surface area contributed by atoms with Crippen LogP contribution >= 0.6 is 0 Å². The number of nitrogens with zero attached hydrogens (tertiary/aromatic N) is 2. The van der Waals surface area contributed by atoms with Gasteiger partial charge in [-0.05, 0) is 26.3 Å². The van der Waals surface area contributed by atoms with Crippen LogP contribution in [-0.4, -0.2) is 9.55 Å². The molecule has 0 saturated heterocycles. The fourth-order valence-electron chi connectivity index (χ4n) is 1.75. The molecule has 1 aromatic rings. The molecule has 0 aromatic carbocycles. The summed E-state index contributed by atoms with van der Waals surface area (Å²) in [6.45, 7) is 3.59. The van der Waals surface area contributed by atoms with E-state index in [2.05, 4.69) is 4.98 Å². The molecule has 0 spiro atoms. The Morgan fingerprint density at radius 2 is 2.27 bits per heavy atom. The predicted molar refractivity (Wildman–Crippen MR) is 56.3 cm³/mol. The Balaban J connectivity index is 2.70. The number of allylic oxidation sites excluding steroid dienone is 1. The first-order valence-corrected chi connectivity index (χ1v) is 4.97. The van der Waals surface area contributed by atoms with Crippen LogP contribution in [0.4, 0.5) is 4.39 Å². The maximum absolute atomic E-state index is 12.6. The standard InChI is InChI=1S/C11H13FN2O/c1-7-3-4-14-10(5-7)13-9(6-12)8(2)11(14)15/h5H,3-4,6H2,1-2H3. The van der Waals surface area contributed by atoms with Gasteiger partial charge in [-0.1, -0.05) is 5.57 Å². The molecule has 2 rings (SSSR count). The molecule has 0 amide bonds. The minimum absolute atomic E-state index is 0.114. The third-order valence-electron chi connectivity index (χ3n) is 2.76. The Hall–Kier alpha value is -1.45. The first kappa shape index (κ1) is 10.1. The number of aromatic nitrogens is 2. The van der Waals surface area contributed by atoms with Crippen molar-refractivity contribution < 1.29 is 4.39 Å². The fourth-order valence-corrected chi connectivity index (χ4v) is 1.75. The molecule has 0 aliphatic carbocycles. The molecule has 1 aliphatic rings. The summed E-state index contributed by atoms with van der Waals surface area (Å²) < 4.78 is 14.2. The van der Waals surface area contributed by atoms with E-state index in [1.54, 1.807) is 11.5 Å². The molecule has 2 heterocycles. The van der Waals surface area contributed by atoms with Gasteiger partial charge in [0, 0.05) is 12.1 Å². The van der Waals surface area contributed by atoms with E-state index in [4.69, 9.17) is 0 Å². The summed E-state index contributed by atoms with van der Waals surface area (Å²) in [4.78, 5) is 16.0. The molecule has 1 aromatic heterocycles. The summed E-state index contributed by atoms with van der Waals surface area (Å²) in [5, 5.41) is 0. The molecule has 0 N–H and O–H groups in total. The van der Waals surface area contributed by atoms with Gasteiger partial charge >= 0.3 is 0 Å². The molecule has 15 heavy (non-hydrogen) atoms. The van der Waals surface area contributed by atoms with E-state index < -0.39 is 6.67 Å². The van der Waals surface area contributed by atoms with Gasteiger partial charge < -0.3 is 0 Å². The minimum Gasteiger partial charge on any atom is -0.293 e. The lowest BCUT2D eigenvalue weighted by atomic mass is 10.1. The van der Waals surface area contributed by atoms with E-state index in [-0.39, 0.29) is 11.3 Å². The molecule has 3 nitrogen and oxygen atoms in total. The number of halogens is 1. The zero-order valence-electron chi connectivity index (χ0n) is 8.88. The first-order valence-electron chi connectivity index (χ1n) is 4.97. The van der Waals surface area contributed by atoms with Crippen LogP contribution in [0.1, 0.15) is 30.4 Å². The highest BCUT2D eigenvalue weighted by molar-refractivity contribution is 5.47. The molecule has 0 atom stereocenters.